The molecule has 4 heteroatoms. The lowest BCUT2D eigenvalue weighted by atomic mass is 10.6. The van der Waals surface area contributed by atoms with Crippen LogP contribution in [0.3, 0.4) is 0 Å². The van der Waals surface area contributed by atoms with E-state index in [1.807, 2.05) is 14.2 Å². The summed E-state index contributed by atoms with van der Waals surface area (Å²) >= 11 is 0. The summed E-state index contributed by atoms with van der Waals surface area (Å²) in [6.45, 7) is 9.19. The summed E-state index contributed by atoms with van der Waals surface area (Å²) in [4.78, 5) is 0. The Kier molecular flexibility index (Phi) is 10.3. The average molecular weight is 305 g/mol. The van der Waals surface area contributed by atoms with Crippen LogP contribution < -0.4 is 0 Å². The first-order chi connectivity index (χ1) is 9.07. The van der Waals surface area contributed by atoms with Crippen LogP contribution >= 0.6 is 0 Å². The summed E-state index contributed by atoms with van der Waals surface area (Å²) in [6.07, 6.45) is 5.03. The van der Waals surface area contributed by atoms with E-state index in [0.29, 0.717) is 0 Å². The fraction of sp³-hybridized carbons (Fsp3) is 1.00. The lowest BCUT2D eigenvalue weighted by Gasteiger charge is -2.39. The minimum absolute atomic E-state index is 1.26. The largest absolute Gasteiger partial charge is 0.420 e. The van der Waals surface area contributed by atoms with E-state index in [9.17, 15) is 0 Å². The summed E-state index contributed by atoms with van der Waals surface area (Å²) in [5.41, 5.74) is 1.32. The second kappa shape index (κ2) is 10.1. The molecule has 0 aromatic heterocycles. The zero-order valence-corrected chi connectivity index (χ0v) is 16.2. The van der Waals surface area contributed by atoms with Gasteiger partial charge in [0.05, 0.1) is 0 Å². The van der Waals surface area contributed by atoms with Gasteiger partial charge in [-0.1, -0.05) is 53.4 Å². The molecule has 0 heterocycles. The van der Waals surface area contributed by atoms with Crippen molar-refractivity contribution in [1.82, 2.24) is 0 Å². The number of hydrogen-bond donors (Lipinski definition) is 0. The predicted molar refractivity (Wildman–Crippen MR) is 90.7 cm³/mol. The summed E-state index contributed by atoms with van der Waals surface area (Å²) in [6, 6.07) is 5.23. The second-order valence-corrected chi connectivity index (χ2v) is 14.9. The molecule has 116 valence electrons. The first-order valence-corrected chi connectivity index (χ1v) is 13.2. The number of hydrogen-bond acceptors (Lipinski definition) is 2. The van der Waals surface area contributed by atoms with E-state index in [0.717, 1.165) is 0 Å². The van der Waals surface area contributed by atoms with Crippen molar-refractivity contribution >= 4 is 16.6 Å². The van der Waals surface area contributed by atoms with Gasteiger partial charge >= 0.3 is 0 Å². The van der Waals surface area contributed by atoms with E-state index in [1.165, 1.54) is 55.5 Å². The van der Waals surface area contributed by atoms with E-state index in [1.54, 1.807) is 0 Å². The molecule has 0 aromatic carbocycles. The van der Waals surface area contributed by atoms with Crippen LogP contribution in [-0.2, 0) is 8.85 Å². The van der Waals surface area contributed by atoms with Gasteiger partial charge in [-0.05, 0) is 29.8 Å². The van der Waals surface area contributed by atoms with Gasteiger partial charge in [-0.15, -0.1) is 0 Å². The van der Waals surface area contributed by atoms with Crippen LogP contribution in [0.25, 0.3) is 0 Å². The van der Waals surface area contributed by atoms with Crippen molar-refractivity contribution in [1.29, 1.82) is 0 Å². The Morgan fingerprint density at radius 3 is 1.00 bits per heavy atom. The molecule has 0 aromatic rings. The lowest BCUT2D eigenvalue weighted by molar-refractivity contribution is 0.369. The highest BCUT2D eigenvalue weighted by Gasteiger charge is 2.44. The van der Waals surface area contributed by atoms with Gasteiger partial charge in [0.2, 0.25) is 0 Å². The van der Waals surface area contributed by atoms with Crippen LogP contribution in [0.5, 0.6) is 0 Å². The minimum Gasteiger partial charge on any atom is -0.420 e. The molecule has 0 atom stereocenters. The normalized spacial score (nSPS) is 12.9. The third kappa shape index (κ3) is 6.11. The Morgan fingerprint density at radius 1 is 0.579 bits per heavy atom. The monoisotopic (exact) mass is 304 g/mol. The third-order valence-corrected chi connectivity index (χ3v) is 16.9. The van der Waals surface area contributed by atoms with Crippen LogP contribution in [-0.4, -0.2) is 30.9 Å². The molecule has 0 saturated carbocycles. The molecule has 0 N–H and O–H groups in total. The fourth-order valence-electron chi connectivity index (χ4n) is 3.57. The van der Waals surface area contributed by atoms with Crippen molar-refractivity contribution in [3.63, 3.8) is 0 Å². The summed E-state index contributed by atoms with van der Waals surface area (Å²) < 4.78 is 12.3. The van der Waals surface area contributed by atoms with Crippen LogP contribution in [0.2, 0.25) is 29.8 Å². The van der Waals surface area contributed by atoms with Gasteiger partial charge in [-0.2, -0.15) is 0 Å². The molecule has 2 nitrogen and oxygen atoms in total. The quantitative estimate of drug-likeness (QED) is 0.452. The molecule has 0 rings (SSSR count). The van der Waals surface area contributed by atoms with Crippen LogP contribution in [0.4, 0.5) is 0 Å². The highest BCUT2D eigenvalue weighted by Crippen LogP contribution is 2.35. The molecular weight excluding hydrogens is 268 g/mol. The van der Waals surface area contributed by atoms with Gasteiger partial charge in [-0.25, -0.2) is 0 Å². The molecule has 0 bridgehead atoms. The van der Waals surface area contributed by atoms with Gasteiger partial charge in [0, 0.05) is 14.2 Å². The van der Waals surface area contributed by atoms with Crippen LogP contribution in [0, 0.1) is 0 Å². The molecule has 0 fully saturated rings. The zero-order valence-electron chi connectivity index (χ0n) is 14.2. The van der Waals surface area contributed by atoms with Gasteiger partial charge in [-0.3, -0.25) is 0 Å². The Bertz CT molecular complexity index is 188. The van der Waals surface area contributed by atoms with E-state index in [2.05, 4.69) is 27.7 Å². The van der Waals surface area contributed by atoms with E-state index in [-0.39, 0.29) is 0 Å². The maximum absolute atomic E-state index is 6.16. The predicted octanol–water partition coefficient (Wildman–Crippen LogP) is 5.35. The maximum atomic E-state index is 6.16. The smallest absolute Gasteiger partial charge is 0.191 e. The van der Waals surface area contributed by atoms with Gasteiger partial charge in [0.15, 0.2) is 16.6 Å². The summed E-state index contributed by atoms with van der Waals surface area (Å²) in [5.74, 6) is 0. The van der Waals surface area contributed by atoms with Crippen molar-refractivity contribution in [3.05, 3.63) is 0 Å². The molecule has 0 spiro atoms. The molecular formula is C15H36O2Si2. The van der Waals surface area contributed by atoms with Crippen molar-refractivity contribution in [2.75, 3.05) is 14.2 Å². The van der Waals surface area contributed by atoms with Crippen molar-refractivity contribution in [2.24, 2.45) is 0 Å². The first-order valence-electron chi connectivity index (χ1n) is 8.17. The zero-order chi connectivity index (χ0) is 14.8. The van der Waals surface area contributed by atoms with E-state index >= 15 is 0 Å². The molecule has 0 amide bonds. The molecule has 19 heavy (non-hydrogen) atoms. The van der Waals surface area contributed by atoms with Crippen molar-refractivity contribution in [2.45, 2.75) is 83.2 Å². The fourth-order valence-corrected chi connectivity index (χ4v) is 17.2. The average Bonchev–Trinajstić information content (AvgIpc) is 2.39. The van der Waals surface area contributed by atoms with Crippen molar-refractivity contribution < 1.29 is 8.85 Å². The maximum Gasteiger partial charge on any atom is 0.191 e. The van der Waals surface area contributed by atoms with Crippen molar-refractivity contribution in [3.8, 4) is 0 Å². The molecule has 0 unspecified atom stereocenters. The topological polar surface area (TPSA) is 18.5 Å². The van der Waals surface area contributed by atoms with Gasteiger partial charge in [0.1, 0.15) is 0 Å². The highest BCUT2D eigenvalue weighted by molar-refractivity contribution is 6.91. The molecule has 0 radical (unpaired) electrons. The number of rotatable bonds is 12. The highest BCUT2D eigenvalue weighted by atomic mass is 28.4. The van der Waals surface area contributed by atoms with Gasteiger partial charge in [0.25, 0.3) is 0 Å². The van der Waals surface area contributed by atoms with Crippen LogP contribution in [0.15, 0.2) is 0 Å². The SMILES string of the molecule is CCC[Si](CCC)(C[Si](CCC)(CCC)OC)OC. The molecule has 0 aliphatic rings. The first kappa shape index (κ1) is 19.4. The third-order valence-electron chi connectivity index (χ3n) is 4.33. The van der Waals surface area contributed by atoms with E-state index < -0.39 is 16.6 Å². The Labute approximate surface area is 123 Å². The Morgan fingerprint density at radius 2 is 0.842 bits per heavy atom. The molecule has 0 aliphatic carbocycles. The minimum atomic E-state index is -1.56. The molecule has 0 aliphatic heterocycles. The van der Waals surface area contributed by atoms with Crippen LogP contribution in [0.1, 0.15) is 53.4 Å². The standard InChI is InChI=1S/C15H36O2Si2/c1-7-11-18(16-5,12-8-2)15-19(17-6,13-9-3)14-10-4/h7-15H2,1-6H3. The summed E-state index contributed by atoms with van der Waals surface area (Å²) in [7, 11) is 0.798. The molecule has 0 saturated heterocycles. The lowest BCUT2D eigenvalue weighted by Crippen LogP contribution is -2.50. The Hall–Kier alpha value is 0.354. The van der Waals surface area contributed by atoms with E-state index in [4.69, 9.17) is 8.85 Å². The second-order valence-electron chi connectivity index (χ2n) is 5.95. The Balaban J connectivity index is 5.08. The summed E-state index contributed by atoms with van der Waals surface area (Å²) in [5, 5.41) is 0. The van der Waals surface area contributed by atoms with Gasteiger partial charge < -0.3 is 8.85 Å².